The fourth-order valence-corrected chi connectivity index (χ4v) is 12.8. The number of allylic oxidation sites excluding steroid dienone is 4. The van der Waals surface area contributed by atoms with Crippen molar-refractivity contribution in [3.8, 4) is 0 Å². The number of unbranched alkanes of at least 4 members (excludes halogenated alkanes) is 40. The van der Waals surface area contributed by atoms with Gasteiger partial charge in [-0.15, -0.1) is 0 Å². The lowest BCUT2D eigenvalue weighted by molar-refractivity contribution is -0.161. The zero-order valence-corrected chi connectivity index (χ0v) is 63.9. The van der Waals surface area contributed by atoms with Gasteiger partial charge in [-0.3, -0.25) is 37.3 Å². The van der Waals surface area contributed by atoms with E-state index in [0.29, 0.717) is 25.7 Å². The number of esters is 4. The van der Waals surface area contributed by atoms with Gasteiger partial charge in [-0.05, 0) is 63.2 Å². The Morgan fingerprint density at radius 1 is 0.344 bits per heavy atom. The predicted molar refractivity (Wildman–Crippen MR) is 391 cm³/mol. The molecule has 3 N–H and O–H groups in total. The van der Waals surface area contributed by atoms with E-state index in [9.17, 15) is 43.2 Å². The first kappa shape index (κ1) is 93.5. The van der Waals surface area contributed by atoms with Crippen LogP contribution in [0.2, 0.25) is 0 Å². The molecule has 17 nitrogen and oxygen atoms in total. The molecule has 0 rings (SSSR count). The van der Waals surface area contributed by atoms with E-state index in [4.69, 9.17) is 37.0 Å². The van der Waals surface area contributed by atoms with Crippen LogP contribution in [-0.2, 0) is 65.4 Å². The van der Waals surface area contributed by atoms with Crippen molar-refractivity contribution in [2.75, 3.05) is 39.6 Å². The summed E-state index contributed by atoms with van der Waals surface area (Å²) in [5.74, 6) is -0.538. The summed E-state index contributed by atoms with van der Waals surface area (Å²) in [5.41, 5.74) is 0. The van der Waals surface area contributed by atoms with E-state index in [1.807, 2.05) is 0 Å². The minimum atomic E-state index is -4.97. The number of carbonyl (C=O) groups excluding carboxylic acids is 4. The SMILES string of the molecule is CCCCCC/C=C\C=C/CCCCCCCC(=O)OC[C@H](COP(=O)(O)OC[C@@H](O)COP(=O)(O)OC[C@@H](COC(=O)CCCCCCCCCC)OC(=O)CCCCCCCCCCCCC(C)CC)OC(=O)CCCCCCCCCCCCCCCCCCC(C)C. The van der Waals surface area contributed by atoms with Crippen molar-refractivity contribution in [3.63, 3.8) is 0 Å². The molecule has 0 amide bonds. The third-order valence-corrected chi connectivity index (χ3v) is 19.6. The van der Waals surface area contributed by atoms with Crippen LogP contribution in [0, 0.1) is 11.8 Å². The quantitative estimate of drug-likeness (QED) is 0.0169. The van der Waals surface area contributed by atoms with Crippen LogP contribution in [0.1, 0.15) is 375 Å². The molecule has 0 fully saturated rings. The van der Waals surface area contributed by atoms with Crippen LogP contribution in [0.4, 0.5) is 0 Å². The van der Waals surface area contributed by atoms with Crippen molar-refractivity contribution >= 4 is 39.5 Å². The minimum absolute atomic E-state index is 0.101. The predicted octanol–water partition coefficient (Wildman–Crippen LogP) is 22.3. The average molecular weight is 1410 g/mol. The second-order valence-corrected chi connectivity index (χ2v) is 30.7. The van der Waals surface area contributed by atoms with E-state index >= 15 is 0 Å². The lowest BCUT2D eigenvalue weighted by Crippen LogP contribution is -2.30. The normalized spacial score (nSPS) is 14.4. The van der Waals surface area contributed by atoms with Crippen LogP contribution in [0.3, 0.4) is 0 Å². The Bertz CT molecular complexity index is 1950. The van der Waals surface area contributed by atoms with Gasteiger partial charge in [0.05, 0.1) is 26.4 Å². The van der Waals surface area contributed by atoms with Gasteiger partial charge in [0.1, 0.15) is 19.3 Å². The van der Waals surface area contributed by atoms with E-state index in [0.717, 1.165) is 127 Å². The van der Waals surface area contributed by atoms with Crippen molar-refractivity contribution in [1.29, 1.82) is 0 Å². The standard InChI is InChI=1S/C77H146O17P2/c1-7-10-12-14-16-18-19-20-23-27-30-36-42-48-54-60-75(80)88-66-73(94-76(81)61-55-49-43-37-31-28-25-22-21-24-26-29-34-39-45-51-57-69(4)5)68-92-96(85,86)90-64-71(78)63-89-95(83,84)91-67-72(65-87-74(79)59-53-47-41-17-15-13-11-8-2)93-77(82)62-56-50-44-38-33-32-35-40-46-52-58-70(6)9-3/h18-20,23,69-73,78H,7-17,21-22,24-68H2,1-6H3,(H,83,84)(H,85,86)/b19-18-,23-20-/t70?,71-,72+,73+/m0/s1. The highest BCUT2D eigenvalue weighted by atomic mass is 31.2. The van der Waals surface area contributed by atoms with E-state index in [1.54, 1.807) is 0 Å². The number of hydrogen-bond acceptors (Lipinski definition) is 15. The molecule has 0 bridgehead atoms. The van der Waals surface area contributed by atoms with Crippen LogP contribution in [0.25, 0.3) is 0 Å². The van der Waals surface area contributed by atoms with E-state index in [2.05, 4.69) is 65.8 Å². The fourth-order valence-electron chi connectivity index (χ4n) is 11.3. The number of ether oxygens (including phenoxy) is 4. The summed E-state index contributed by atoms with van der Waals surface area (Å²) < 4.78 is 68.4. The summed E-state index contributed by atoms with van der Waals surface area (Å²) in [5, 5.41) is 10.6. The number of aliphatic hydroxyl groups excluding tert-OH is 1. The summed E-state index contributed by atoms with van der Waals surface area (Å²) in [7, 11) is -9.92. The Morgan fingerprint density at radius 3 is 0.938 bits per heavy atom. The Morgan fingerprint density at radius 2 is 0.615 bits per heavy atom. The van der Waals surface area contributed by atoms with E-state index < -0.39 is 97.5 Å². The monoisotopic (exact) mass is 1410 g/mol. The van der Waals surface area contributed by atoms with Crippen LogP contribution < -0.4 is 0 Å². The van der Waals surface area contributed by atoms with Crippen molar-refractivity contribution in [3.05, 3.63) is 24.3 Å². The molecule has 0 aliphatic rings. The zero-order chi connectivity index (χ0) is 70.7. The second kappa shape index (κ2) is 68.3. The van der Waals surface area contributed by atoms with Gasteiger partial charge in [0.25, 0.3) is 0 Å². The molecule has 0 saturated heterocycles. The van der Waals surface area contributed by atoms with Gasteiger partial charge >= 0.3 is 39.5 Å². The van der Waals surface area contributed by atoms with Gasteiger partial charge in [0.2, 0.25) is 0 Å². The molecule has 19 heteroatoms. The molecule has 0 saturated carbocycles. The van der Waals surface area contributed by atoms with Crippen molar-refractivity contribution < 1.29 is 80.2 Å². The average Bonchev–Trinajstić information content (AvgIpc) is 3.64. The molecule has 0 aromatic heterocycles. The first-order valence-corrected chi connectivity index (χ1v) is 42.3. The number of hydrogen-bond donors (Lipinski definition) is 3. The number of phosphoric acid groups is 2. The Hall–Kier alpha value is -2.46. The molecule has 0 aromatic carbocycles. The molecule has 566 valence electrons. The molecule has 3 unspecified atom stereocenters. The highest BCUT2D eigenvalue weighted by Crippen LogP contribution is 2.45. The summed E-state index contributed by atoms with van der Waals surface area (Å²) in [6.07, 6.45) is 59.0. The number of aliphatic hydroxyl groups is 1. The van der Waals surface area contributed by atoms with Gasteiger partial charge in [0, 0.05) is 25.7 Å². The van der Waals surface area contributed by atoms with Crippen LogP contribution in [0.5, 0.6) is 0 Å². The minimum Gasteiger partial charge on any atom is -0.462 e. The third-order valence-electron chi connectivity index (χ3n) is 17.7. The second-order valence-electron chi connectivity index (χ2n) is 27.8. The number of rotatable bonds is 74. The maximum absolute atomic E-state index is 13.1. The molecular weight excluding hydrogens is 1260 g/mol. The first-order valence-electron chi connectivity index (χ1n) is 39.3. The Labute approximate surface area is 586 Å². The van der Waals surface area contributed by atoms with Gasteiger partial charge in [-0.2, -0.15) is 0 Å². The lowest BCUT2D eigenvalue weighted by atomic mass is 9.99. The van der Waals surface area contributed by atoms with Crippen LogP contribution in [0.15, 0.2) is 24.3 Å². The molecule has 0 spiro atoms. The van der Waals surface area contributed by atoms with Gasteiger partial charge in [-0.1, -0.05) is 323 Å². The zero-order valence-electron chi connectivity index (χ0n) is 62.2. The molecule has 0 heterocycles. The maximum atomic E-state index is 13.1. The summed E-state index contributed by atoms with van der Waals surface area (Å²) in [4.78, 5) is 72.7. The summed E-state index contributed by atoms with van der Waals surface area (Å²) in [6, 6.07) is 0. The van der Waals surface area contributed by atoms with E-state index in [1.165, 1.54) is 167 Å². The highest BCUT2D eigenvalue weighted by Gasteiger charge is 2.30. The Balaban J connectivity index is 5.25. The van der Waals surface area contributed by atoms with Crippen LogP contribution >= 0.6 is 15.6 Å². The van der Waals surface area contributed by atoms with Crippen molar-refractivity contribution in [1.82, 2.24) is 0 Å². The summed E-state index contributed by atoms with van der Waals surface area (Å²) >= 11 is 0. The molecule has 0 radical (unpaired) electrons. The van der Waals surface area contributed by atoms with Gasteiger partial charge in [0.15, 0.2) is 12.2 Å². The van der Waals surface area contributed by atoms with Gasteiger partial charge in [-0.25, -0.2) is 9.13 Å². The smallest absolute Gasteiger partial charge is 0.462 e. The molecule has 0 aromatic rings. The molecule has 6 atom stereocenters. The topological polar surface area (TPSA) is 237 Å². The highest BCUT2D eigenvalue weighted by molar-refractivity contribution is 7.47. The number of carbonyl (C=O) groups is 4. The maximum Gasteiger partial charge on any atom is 0.472 e. The Kier molecular flexibility index (Phi) is 66.6. The molecule has 0 aliphatic heterocycles. The molecule has 0 aliphatic carbocycles. The largest absolute Gasteiger partial charge is 0.472 e. The van der Waals surface area contributed by atoms with Crippen molar-refractivity contribution in [2.45, 2.75) is 394 Å². The third kappa shape index (κ3) is 68.7. The van der Waals surface area contributed by atoms with Gasteiger partial charge < -0.3 is 33.8 Å². The van der Waals surface area contributed by atoms with Crippen LogP contribution in [-0.4, -0.2) is 96.7 Å². The molecule has 96 heavy (non-hydrogen) atoms. The molecular formula is C77H146O17P2. The fraction of sp³-hybridized carbons (Fsp3) is 0.896. The van der Waals surface area contributed by atoms with Crippen molar-refractivity contribution in [2.24, 2.45) is 11.8 Å². The first-order chi connectivity index (χ1) is 46.4. The van der Waals surface area contributed by atoms with E-state index in [-0.39, 0.29) is 25.7 Å². The number of phosphoric ester groups is 2. The lowest BCUT2D eigenvalue weighted by Gasteiger charge is -2.21. The summed E-state index contributed by atoms with van der Waals surface area (Å²) in [6.45, 7) is 9.56.